The summed E-state index contributed by atoms with van der Waals surface area (Å²) in [4.78, 5) is 0. The minimum Gasteiger partial charge on any atom is -0.270 e. The van der Waals surface area contributed by atoms with Gasteiger partial charge in [-0.05, 0) is 12.3 Å². The van der Waals surface area contributed by atoms with E-state index in [1.54, 1.807) is 0 Å². The first-order valence-electron chi connectivity index (χ1n) is 9.30. The Hall–Kier alpha value is -0.0900. The van der Waals surface area contributed by atoms with Gasteiger partial charge < -0.3 is 0 Å². The predicted molar refractivity (Wildman–Crippen MR) is 95.7 cm³/mol. The zero-order valence-electron chi connectivity index (χ0n) is 15.1. The average Bonchev–Trinajstić information content (AvgIpc) is 2.45. The zero-order valence-corrected chi connectivity index (χ0v) is 15.9. The molecule has 0 aliphatic heterocycles. The van der Waals surface area contributed by atoms with Gasteiger partial charge in [0.2, 0.25) is 0 Å². The molecule has 0 saturated carbocycles. The van der Waals surface area contributed by atoms with Crippen LogP contribution in [0.5, 0.6) is 0 Å². The maximum Gasteiger partial charge on any atom is 0.264 e. The van der Waals surface area contributed by atoms with Crippen LogP contribution in [-0.4, -0.2) is 21.3 Å². The number of unbranched alkanes of at least 4 members (excludes halogenated alkanes) is 11. The molecule has 0 radical (unpaired) electrons. The van der Waals surface area contributed by atoms with E-state index < -0.39 is 10.1 Å². The fraction of sp³-hybridized carbons (Fsp3) is 1.00. The molecule has 0 heterocycles. The highest BCUT2D eigenvalue weighted by Gasteiger charge is 2.07. The van der Waals surface area contributed by atoms with Crippen LogP contribution in [0, 0.1) is 5.92 Å². The highest BCUT2D eigenvalue weighted by atomic mass is 32.2. The Balaban J connectivity index is 3.20. The van der Waals surface area contributed by atoms with Crippen LogP contribution in [0.4, 0.5) is 0 Å². The standard InChI is InChI=1S/C18H38O3S/c1-4-5-6-7-8-9-10-11-12-13-14-15-16-18(2)17-21-22(3,19)20/h18H,4-17H2,1-3H3. The zero-order chi connectivity index (χ0) is 16.7. The van der Waals surface area contributed by atoms with Crippen molar-refractivity contribution >= 4 is 10.1 Å². The van der Waals surface area contributed by atoms with Gasteiger partial charge in [0.15, 0.2) is 0 Å². The van der Waals surface area contributed by atoms with Crippen molar-refractivity contribution in [2.75, 3.05) is 12.9 Å². The molecule has 0 rings (SSSR count). The first kappa shape index (κ1) is 21.9. The summed E-state index contributed by atoms with van der Waals surface area (Å²) in [6.07, 6.45) is 18.4. The SMILES string of the molecule is CCCCCCCCCCCCCCC(C)COS(C)(=O)=O. The molecule has 22 heavy (non-hydrogen) atoms. The topological polar surface area (TPSA) is 43.4 Å². The molecular formula is C18H38O3S. The van der Waals surface area contributed by atoms with Crippen molar-refractivity contribution in [1.29, 1.82) is 0 Å². The average molecular weight is 335 g/mol. The summed E-state index contributed by atoms with van der Waals surface area (Å²) >= 11 is 0. The third-order valence-electron chi connectivity index (χ3n) is 4.12. The van der Waals surface area contributed by atoms with Gasteiger partial charge in [-0.2, -0.15) is 8.42 Å². The van der Waals surface area contributed by atoms with Crippen LogP contribution in [0.25, 0.3) is 0 Å². The van der Waals surface area contributed by atoms with Crippen molar-refractivity contribution in [2.24, 2.45) is 5.92 Å². The number of hydrogen-bond donors (Lipinski definition) is 0. The van der Waals surface area contributed by atoms with E-state index in [9.17, 15) is 8.42 Å². The Bertz CT molecular complexity index is 325. The molecule has 0 bridgehead atoms. The maximum absolute atomic E-state index is 10.9. The lowest BCUT2D eigenvalue weighted by molar-refractivity contribution is 0.256. The van der Waals surface area contributed by atoms with E-state index in [-0.39, 0.29) is 0 Å². The molecule has 4 heteroatoms. The van der Waals surface area contributed by atoms with Crippen LogP contribution in [0.15, 0.2) is 0 Å². The highest BCUT2D eigenvalue weighted by Crippen LogP contribution is 2.14. The fourth-order valence-electron chi connectivity index (χ4n) is 2.66. The summed E-state index contributed by atoms with van der Waals surface area (Å²) in [5.41, 5.74) is 0. The Morgan fingerprint density at radius 2 is 1.18 bits per heavy atom. The molecule has 1 atom stereocenters. The van der Waals surface area contributed by atoms with E-state index in [2.05, 4.69) is 13.8 Å². The third-order valence-corrected chi connectivity index (χ3v) is 4.68. The van der Waals surface area contributed by atoms with E-state index in [4.69, 9.17) is 4.18 Å². The van der Waals surface area contributed by atoms with Gasteiger partial charge in [0.1, 0.15) is 0 Å². The second-order valence-electron chi connectivity index (χ2n) is 6.77. The van der Waals surface area contributed by atoms with Gasteiger partial charge in [-0.15, -0.1) is 0 Å². The van der Waals surface area contributed by atoms with Gasteiger partial charge in [0, 0.05) is 0 Å². The first-order valence-corrected chi connectivity index (χ1v) is 11.1. The molecule has 0 aromatic heterocycles. The van der Waals surface area contributed by atoms with Crippen molar-refractivity contribution in [3.05, 3.63) is 0 Å². The van der Waals surface area contributed by atoms with Gasteiger partial charge in [0.25, 0.3) is 10.1 Å². The Kier molecular flexibility index (Phi) is 14.4. The Morgan fingerprint density at radius 1 is 0.773 bits per heavy atom. The van der Waals surface area contributed by atoms with E-state index in [0.29, 0.717) is 12.5 Å². The van der Waals surface area contributed by atoms with E-state index >= 15 is 0 Å². The molecule has 0 N–H and O–H groups in total. The Morgan fingerprint density at radius 3 is 1.59 bits per heavy atom. The summed E-state index contributed by atoms with van der Waals surface area (Å²) in [6, 6.07) is 0. The second kappa shape index (κ2) is 14.5. The number of rotatable bonds is 16. The molecule has 1 unspecified atom stereocenters. The van der Waals surface area contributed by atoms with E-state index in [0.717, 1.165) is 12.7 Å². The molecule has 0 saturated heterocycles. The summed E-state index contributed by atoms with van der Waals surface area (Å²) < 4.78 is 26.6. The van der Waals surface area contributed by atoms with Crippen molar-refractivity contribution < 1.29 is 12.6 Å². The lowest BCUT2D eigenvalue weighted by Gasteiger charge is -2.10. The summed E-state index contributed by atoms with van der Waals surface area (Å²) in [5.74, 6) is 0.331. The molecule has 3 nitrogen and oxygen atoms in total. The molecule has 0 spiro atoms. The van der Waals surface area contributed by atoms with Crippen LogP contribution < -0.4 is 0 Å². The van der Waals surface area contributed by atoms with Crippen LogP contribution in [0.1, 0.15) is 97.3 Å². The summed E-state index contributed by atoms with van der Waals surface area (Å²) in [7, 11) is -3.27. The summed E-state index contributed by atoms with van der Waals surface area (Å²) in [5, 5.41) is 0. The van der Waals surface area contributed by atoms with E-state index in [1.807, 2.05) is 0 Å². The number of hydrogen-bond acceptors (Lipinski definition) is 3. The van der Waals surface area contributed by atoms with Crippen molar-refractivity contribution in [2.45, 2.75) is 97.3 Å². The normalized spacial score (nSPS) is 13.4. The van der Waals surface area contributed by atoms with Crippen molar-refractivity contribution in [3.8, 4) is 0 Å². The fourth-order valence-corrected chi connectivity index (χ4v) is 3.14. The smallest absolute Gasteiger partial charge is 0.264 e. The second-order valence-corrected chi connectivity index (χ2v) is 8.42. The first-order chi connectivity index (χ1) is 10.5. The molecule has 0 amide bonds. The van der Waals surface area contributed by atoms with Gasteiger partial charge in [-0.25, -0.2) is 0 Å². The molecule has 0 aliphatic rings. The molecule has 0 aromatic carbocycles. The minimum atomic E-state index is -3.27. The molecule has 0 aliphatic carbocycles. The lowest BCUT2D eigenvalue weighted by Crippen LogP contribution is -2.10. The molecule has 134 valence electrons. The molecule has 0 aromatic rings. The maximum atomic E-state index is 10.9. The van der Waals surface area contributed by atoms with Gasteiger partial charge >= 0.3 is 0 Å². The summed E-state index contributed by atoms with van der Waals surface area (Å²) in [6.45, 7) is 4.65. The highest BCUT2D eigenvalue weighted by molar-refractivity contribution is 7.85. The van der Waals surface area contributed by atoms with Crippen LogP contribution in [0.3, 0.4) is 0 Å². The monoisotopic (exact) mass is 334 g/mol. The van der Waals surface area contributed by atoms with Crippen LogP contribution >= 0.6 is 0 Å². The lowest BCUT2D eigenvalue weighted by atomic mass is 10.0. The molecule has 0 fully saturated rings. The van der Waals surface area contributed by atoms with Crippen molar-refractivity contribution in [3.63, 3.8) is 0 Å². The predicted octanol–water partition coefficient (Wildman–Crippen LogP) is 5.69. The molecular weight excluding hydrogens is 296 g/mol. The minimum absolute atomic E-state index is 0.330. The van der Waals surface area contributed by atoms with Gasteiger partial charge in [-0.3, -0.25) is 4.18 Å². The Labute approximate surface area is 139 Å². The van der Waals surface area contributed by atoms with Gasteiger partial charge in [0.05, 0.1) is 12.9 Å². The largest absolute Gasteiger partial charge is 0.270 e. The van der Waals surface area contributed by atoms with Gasteiger partial charge in [-0.1, -0.05) is 90.9 Å². The van der Waals surface area contributed by atoms with Crippen molar-refractivity contribution in [1.82, 2.24) is 0 Å². The third kappa shape index (κ3) is 18.0. The van der Waals surface area contributed by atoms with Crippen LogP contribution in [0.2, 0.25) is 0 Å². The van der Waals surface area contributed by atoms with Crippen LogP contribution in [-0.2, 0) is 14.3 Å². The quantitative estimate of drug-likeness (QED) is 0.269. The van der Waals surface area contributed by atoms with E-state index in [1.165, 1.54) is 77.0 Å².